The first-order chi connectivity index (χ1) is 11.3. The monoisotopic (exact) mass is 311 g/mol. The largest absolute Gasteiger partial charge is 0.493 e. The van der Waals surface area contributed by atoms with Crippen molar-refractivity contribution in [2.24, 2.45) is 0 Å². The standard InChI is InChI=1S/C19H21NO3/c1-21-16-7-6-14(12-17(16)22-15-4-2-3-5-15)19-18(23-19)13-8-10-20-11-9-13/h6-12,15,18-19H,2-5H2,1H3/t18-,19-/m0/s1. The first-order valence-corrected chi connectivity index (χ1v) is 8.25. The molecular formula is C19H21NO3. The van der Waals surface area contributed by atoms with Crippen LogP contribution in [0.2, 0.25) is 0 Å². The zero-order chi connectivity index (χ0) is 15.6. The highest BCUT2D eigenvalue weighted by Gasteiger charge is 2.41. The number of hydrogen-bond donors (Lipinski definition) is 0. The van der Waals surface area contributed by atoms with Crippen LogP contribution in [0.15, 0.2) is 42.7 Å². The third kappa shape index (κ3) is 3.04. The summed E-state index contributed by atoms with van der Waals surface area (Å²) in [5.74, 6) is 1.63. The van der Waals surface area contributed by atoms with E-state index in [2.05, 4.69) is 17.1 Å². The van der Waals surface area contributed by atoms with Crippen molar-refractivity contribution in [1.29, 1.82) is 0 Å². The van der Waals surface area contributed by atoms with Crippen LogP contribution in [0.5, 0.6) is 11.5 Å². The lowest BCUT2D eigenvalue weighted by molar-refractivity contribution is 0.200. The SMILES string of the molecule is COc1ccc([C@@H]2O[C@H]2c2ccncc2)cc1OC1CCCC1. The molecule has 2 fully saturated rings. The van der Waals surface area contributed by atoms with Crippen molar-refractivity contribution < 1.29 is 14.2 Å². The van der Waals surface area contributed by atoms with Crippen LogP contribution in [0.25, 0.3) is 0 Å². The van der Waals surface area contributed by atoms with Gasteiger partial charge in [-0.25, -0.2) is 0 Å². The van der Waals surface area contributed by atoms with E-state index in [9.17, 15) is 0 Å². The Labute approximate surface area is 136 Å². The van der Waals surface area contributed by atoms with Crippen LogP contribution in [0.1, 0.15) is 49.0 Å². The molecule has 0 amide bonds. The average Bonchev–Trinajstić information content (AvgIpc) is 3.25. The number of methoxy groups -OCH3 is 1. The molecule has 2 aromatic rings. The summed E-state index contributed by atoms with van der Waals surface area (Å²) >= 11 is 0. The van der Waals surface area contributed by atoms with Crippen LogP contribution in [0.4, 0.5) is 0 Å². The Kier molecular flexibility index (Phi) is 3.92. The molecule has 4 rings (SSSR count). The molecule has 1 aromatic heterocycles. The fourth-order valence-corrected chi connectivity index (χ4v) is 3.32. The summed E-state index contributed by atoms with van der Waals surface area (Å²) in [6.45, 7) is 0. The molecule has 1 saturated carbocycles. The van der Waals surface area contributed by atoms with Gasteiger partial charge in [0.15, 0.2) is 11.5 Å². The van der Waals surface area contributed by atoms with E-state index in [1.165, 1.54) is 18.4 Å². The van der Waals surface area contributed by atoms with Gasteiger partial charge in [0.25, 0.3) is 0 Å². The lowest BCUT2D eigenvalue weighted by Gasteiger charge is -2.16. The second-order valence-corrected chi connectivity index (χ2v) is 6.19. The van der Waals surface area contributed by atoms with Crippen LogP contribution in [0.3, 0.4) is 0 Å². The average molecular weight is 311 g/mol. The van der Waals surface area contributed by atoms with Crippen LogP contribution >= 0.6 is 0 Å². The number of benzene rings is 1. The molecule has 0 radical (unpaired) electrons. The van der Waals surface area contributed by atoms with E-state index >= 15 is 0 Å². The van der Waals surface area contributed by atoms with Gasteiger partial charge in [0, 0.05) is 12.4 Å². The fourth-order valence-electron chi connectivity index (χ4n) is 3.32. The van der Waals surface area contributed by atoms with E-state index in [1.54, 1.807) is 19.5 Å². The normalized spacial score (nSPS) is 23.7. The van der Waals surface area contributed by atoms with Gasteiger partial charge in [-0.1, -0.05) is 6.07 Å². The second kappa shape index (κ2) is 6.20. The zero-order valence-electron chi connectivity index (χ0n) is 13.3. The Morgan fingerprint density at radius 3 is 2.43 bits per heavy atom. The van der Waals surface area contributed by atoms with Crippen LogP contribution in [-0.4, -0.2) is 18.2 Å². The van der Waals surface area contributed by atoms with E-state index in [0.717, 1.165) is 29.9 Å². The van der Waals surface area contributed by atoms with Gasteiger partial charge in [0.05, 0.1) is 13.2 Å². The summed E-state index contributed by atoms with van der Waals surface area (Å²) in [5, 5.41) is 0. The number of aromatic nitrogens is 1. The van der Waals surface area contributed by atoms with Gasteiger partial charge in [-0.3, -0.25) is 4.98 Å². The highest BCUT2D eigenvalue weighted by molar-refractivity contribution is 5.45. The Morgan fingerprint density at radius 2 is 1.70 bits per heavy atom. The molecular weight excluding hydrogens is 290 g/mol. The molecule has 0 bridgehead atoms. The molecule has 2 aliphatic rings. The highest BCUT2D eigenvalue weighted by atomic mass is 16.6. The molecule has 0 unspecified atom stereocenters. The Balaban J connectivity index is 1.53. The summed E-state index contributed by atoms with van der Waals surface area (Å²) in [6.07, 6.45) is 8.90. The molecule has 4 nitrogen and oxygen atoms in total. The topological polar surface area (TPSA) is 43.9 Å². The van der Waals surface area contributed by atoms with Crippen molar-refractivity contribution in [3.8, 4) is 11.5 Å². The first kappa shape index (κ1) is 14.5. The van der Waals surface area contributed by atoms with Crippen molar-refractivity contribution in [1.82, 2.24) is 4.98 Å². The molecule has 1 aliphatic carbocycles. The Morgan fingerprint density at radius 1 is 0.957 bits per heavy atom. The zero-order valence-corrected chi connectivity index (χ0v) is 13.3. The molecule has 1 aromatic carbocycles. The van der Waals surface area contributed by atoms with E-state index in [4.69, 9.17) is 14.2 Å². The lowest BCUT2D eigenvalue weighted by Crippen LogP contribution is -2.11. The number of pyridine rings is 1. The van der Waals surface area contributed by atoms with E-state index in [-0.39, 0.29) is 12.2 Å². The molecule has 120 valence electrons. The molecule has 0 N–H and O–H groups in total. The molecule has 2 heterocycles. The molecule has 1 aliphatic heterocycles. The molecule has 2 atom stereocenters. The van der Waals surface area contributed by atoms with Crippen molar-refractivity contribution in [3.05, 3.63) is 53.9 Å². The molecule has 1 saturated heterocycles. The van der Waals surface area contributed by atoms with Gasteiger partial charge in [0.1, 0.15) is 12.2 Å². The summed E-state index contributed by atoms with van der Waals surface area (Å²) in [4.78, 5) is 4.06. The third-order valence-corrected chi connectivity index (χ3v) is 4.64. The molecule has 23 heavy (non-hydrogen) atoms. The van der Waals surface area contributed by atoms with E-state index in [0.29, 0.717) is 6.10 Å². The summed E-state index contributed by atoms with van der Waals surface area (Å²) < 4.78 is 17.5. The van der Waals surface area contributed by atoms with Crippen molar-refractivity contribution in [2.75, 3.05) is 7.11 Å². The van der Waals surface area contributed by atoms with Gasteiger partial charge in [-0.05, 0) is 61.1 Å². The maximum Gasteiger partial charge on any atom is 0.161 e. The molecule has 0 spiro atoms. The smallest absolute Gasteiger partial charge is 0.161 e. The van der Waals surface area contributed by atoms with Crippen LogP contribution < -0.4 is 9.47 Å². The summed E-state index contributed by atoms with van der Waals surface area (Å²) in [5.41, 5.74) is 2.31. The quantitative estimate of drug-likeness (QED) is 0.775. The summed E-state index contributed by atoms with van der Waals surface area (Å²) in [7, 11) is 1.68. The summed E-state index contributed by atoms with van der Waals surface area (Å²) in [6, 6.07) is 10.1. The number of rotatable bonds is 5. The third-order valence-electron chi connectivity index (χ3n) is 4.64. The van der Waals surface area contributed by atoms with E-state index in [1.807, 2.05) is 18.2 Å². The minimum atomic E-state index is 0.0919. The minimum Gasteiger partial charge on any atom is -0.493 e. The van der Waals surface area contributed by atoms with Crippen LogP contribution in [-0.2, 0) is 4.74 Å². The van der Waals surface area contributed by atoms with E-state index < -0.39 is 0 Å². The number of hydrogen-bond acceptors (Lipinski definition) is 4. The number of ether oxygens (including phenoxy) is 3. The fraction of sp³-hybridized carbons (Fsp3) is 0.421. The maximum absolute atomic E-state index is 6.17. The number of epoxide rings is 1. The molecule has 4 heteroatoms. The van der Waals surface area contributed by atoms with Crippen molar-refractivity contribution in [3.63, 3.8) is 0 Å². The van der Waals surface area contributed by atoms with Crippen molar-refractivity contribution >= 4 is 0 Å². The Hall–Kier alpha value is -2.07. The predicted molar refractivity (Wildman–Crippen MR) is 86.7 cm³/mol. The highest BCUT2D eigenvalue weighted by Crippen LogP contribution is 2.52. The Bertz CT molecular complexity index is 668. The van der Waals surface area contributed by atoms with Crippen LogP contribution in [0, 0.1) is 0 Å². The van der Waals surface area contributed by atoms with Crippen molar-refractivity contribution in [2.45, 2.75) is 44.0 Å². The van der Waals surface area contributed by atoms with Gasteiger partial charge in [-0.2, -0.15) is 0 Å². The second-order valence-electron chi connectivity index (χ2n) is 6.19. The van der Waals surface area contributed by atoms with Gasteiger partial charge >= 0.3 is 0 Å². The predicted octanol–water partition coefficient (Wildman–Crippen LogP) is 4.22. The maximum atomic E-state index is 6.17. The lowest BCUT2D eigenvalue weighted by atomic mass is 10.0. The van der Waals surface area contributed by atoms with Gasteiger partial charge in [-0.15, -0.1) is 0 Å². The van der Waals surface area contributed by atoms with Gasteiger partial charge < -0.3 is 14.2 Å². The first-order valence-electron chi connectivity index (χ1n) is 8.25. The van der Waals surface area contributed by atoms with Gasteiger partial charge in [0.2, 0.25) is 0 Å². The number of nitrogens with zero attached hydrogens (tertiary/aromatic N) is 1. The minimum absolute atomic E-state index is 0.0919.